The number of carbonyl (C=O) groups excluding carboxylic acids is 1. The highest BCUT2D eigenvalue weighted by atomic mass is 19.1. The molecule has 0 N–H and O–H groups in total. The Bertz CT molecular complexity index is 599. The molecule has 0 radical (unpaired) electrons. The van der Waals surface area contributed by atoms with Gasteiger partial charge in [0.05, 0.1) is 17.8 Å². The third-order valence-corrected chi connectivity index (χ3v) is 3.23. The second kappa shape index (κ2) is 5.34. The first-order valence-electron chi connectivity index (χ1n) is 6.34. The number of halogens is 1. The van der Waals surface area contributed by atoms with E-state index in [1.54, 1.807) is 16.8 Å². The molecule has 0 spiro atoms. The molecule has 1 aromatic carbocycles. The Morgan fingerprint density at radius 3 is 2.47 bits per heavy atom. The molecule has 0 aliphatic carbocycles. The molecule has 0 fully saturated rings. The molecule has 1 heterocycles. The number of rotatable bonds is 4. The summed E-state index contributed by atoms with van der Waals surface area (Å²) in [6.45, 7) is 6.13. The lowest BCUT2D eigenvalue weighted by molar-refractivity contribution is 0.0987. The third-order valence-electron chi connectivity index (χ3n) is 3.23. The van der Waals surface area contributed by atoms with Crippen molar-refractivity contribution in [3.05, 3.63) is 52.6 Å². The first-order chi connectivity index (χ1) is 9.02. The number of nitrogens with zero attached hydrogens (tertiary/aromatic N) is 2. The summed E-state index contributed by atoms with van der Waals surface area (Å²) in [5, 5.41) is 4.40. The Morgan fingerprint density at radius 2 is 1.89 bits per heavy atom. The van der Waals surface area contributed by atoms with Crippen molar-refractivity contribution in [3.8, 4) is 0 Å². The van der Waals surface area contributed by atoms with Crippen molar-refractivity contribution in [3.63, 3.8) is 0 Å². The molecule has 0 bridgehead atoms. The quantitative estimate of drug-likeness (QED) is 0.791. The van der Waals surface area contributed by atoms with E-state index in [2.05, 4.69) is 5.10 Å². The lowest BCUT2D eigenvalue weighted by Gasteiger charge is -2.05. The summed E-state index contributed by atoms with van der Waals surface area (Å²) in [6, 6.07) is 6.32. The fraction of sp³-hybridized carbons (Fsp3) is 0.333. The maximum absolute atomic E-state index is 12.9. The molecule has 19 heavy (non-hydrogen) atoms. The van der Waals surface area contributed by atoms with Gasteiger partial charge in [-0.25, -0.2) is 4.39 Å². The van der Waals surface area contributed by atoms with E-state index in [1.165, 1.54) is 12.1 Å². The van der Waals surface area contributed by atoms with Crippen LogP contribution >= 0.6 is 0 Å². The van der Waals surface area contributed by atoms with E-state index in [4.69, 9.17) is 0 Å². The Balaban J connectivity index is 2.31. The average molecular weight is 260 g/mol. The van der Waals surface area contributed by atoms with Gasteiger partial charge in [-0.15, -0.1) is 0 Å². The van der Waals surface area contributed by atoms with Crippen molar-refractivity contribution in [2.45, 2.75) is 33.7 Å². The Morgan fingerprint density at radius 1 is 1.26 bits per heavy atom. The van der Waals surface area contributed by atoms with Gasteiger partial charge >= 0.3 is 0 Å². The topological polar surface area (TPSA) is 34.9 Å². The van der Waals surface area contributed by atoms with Crippen molar-refractivity contribution in [1.82, 2.24) is 9.78 Å². The molecule has 2 rings (SSSR count). The van der Waals surface area contributed by atoms with E-state index in [1.807, 2.05) is 20.8 Å². The normalized spacial score (nSPS) is 10.7. The minimum absolute atomic E-state index is 0.111. The highest BCUT2D eigenvalue weighted by Gasteiger charge is 2.16. The summed E-state index contributed by atoms with van der Waals surface area (Å²) in [5.74, 6) is -0.140. The number of benzene rings is 1. The van der Waals surface area contributed by atoms with E-state index in [0.29, 0.717) is 18.5 Å². The second-order valence-electron chi connectivity index (χ2n) is 4.61. The van der Waals surface area contributed by atoms with Gasteiger partial charge in [-0.3, -0.25) is 9.48 Å². The lowest BCUT2D eigenvalue weighted by Crippen LogP contribution is -2.05. The molecular formula is C15H17FN2O. The highest BCUT2D eigenvalue weighted by molar-refractivity contribution is 5.97. The van der Waals surface area contributed by atoms with E-state index >= 15 is 0 Å². The summed E-state index contributed by atoms with van der Waals surface area (Å²) in [6.07, 6.45) is 0.476. The fourth-order valence-corrected chi connectivity index (χ4v) is 2.19. The standard InChI is InChI=1S/C15H17FN2O/c1-4-14(19)15-10(2)17-18(11(15)3)9-12-5-7-13(16)8-6-12/h5-8H,4,9H2,1-3H3. The Labute approximate surface area is 112 Å². The van der Waals surface area contributed by atoms with Crippen LogP contribution in [0.1, 0.15) is 40.7 Å². The monoisotopic (exact) mass is 260 g/mol. The molecule has 0 amide bonds. The molecule has 0 saturated carbocycles. The molecule has 0 saturated heterocycles. The average Bonchev–Trinajstić information content (AvgIpc) is 2.66. The van der Waals surface area contributed by atoms with E-state index in [9.17, 15) is 9.18 Å². The number of hydrogen-bond donors (Lipinski definition) is 0. The third kappa shape index (κ3) is 2.72. The molecule has 100 valence electrons. The van der Waals surface area contributed by atoms with Gasteiger partial charge in [0.25, 0.3) is 0 Å². The predicted octanol–water partition coefficient (Wildman–Crippen LogP) is 3.28. The Kier molecular flexibility index (Phi) is 3.79. The van der Waals surface area contributed by atoms with Gasteiger partial charge in [-0.1, -0.05) is 19.1 Å². The number of aromatic nitrogens is 2. The van der Waals surface area contributed by atoms with Gasteiger partial charge in [0.2, 0.25) is 0 Å². The van der Waals surface area contributed by atoms with E-state index in [0.717, 1.165) is 17.0 Å². The van der Waals surface area contributed by atoms with Crippen molar-refractivity contribution in [1.29, 1.82) is 0 Å². The molecule has 2 aromatic rings. The van der Waals surface area contributed by atoms with Gasteiger partial charge in [-0.05, 0) is 31.5 Å². The summed E-state index contributed by atoms with van der Waals surface area (Å²) < 4.78 is 14.7. The number of ketones is 1. The molecule has 3 nitrogen and oxygen atoms in total. The van der Waals surface area contributed by atoms with Crippen LogP contribution in [0.3, 0.4) is 0 Å². The zero-order chi connectivity index (χ0) is 14.0. The van der Waals surface area contributed by atoms with Gasteiger partial charge in [0.15, 0.2) is 5.78 Å². The Hall–Kier alpha value is -1.97. The molecule has 1 aromatic heterocycles. The van der Waals surface area contributed by atoms with Crippen LogP contribution in [-0.4, -0.2) is 15.6 Å². The van der Waals surface area contributed by atoms with Crippen LogP contribution in [0, 0.1) is 19.7 Å². The van der Waals surface area contributed by atoms with Crippen LogP contribution in [-0.2, 0) is 6.54 Å². The number of hydrogen-bond acceptors (Lipinski definition) is 2. The predicted molar refractivity (Wildman–Crippen MR) is 71.8 cm³/mol. The minimum atomic E-state index is -0.251. The second-order valence-corrected chi connectivity index (χ2v) is 4.61. The molecule has 0 aliphatic rings. The van der Waals surface area contributed by atoms with Gasteiger partial charge in [0.1, 0.15) is 5.82 Å². The largest absolute Gasteiger partial charge is 0.294 e. The van der Waals surface area contributed by atoms with Crippen LogP contribution in [0.25, 0.3) is 0 Å². The van der Waals surface area contributed by atoms with E-state index in [-0.39, 0.29) is 11.6 Å². The SMILES string of the molecule is CCC(=O)c1c(C)nn(Cc2ccc(F)cc2)c1C. The summed E-state index contributed by atoms with van der Waals surface area (Å²) in [4.78, 5) is 11.9. The number of carbonyl (C=O) groups is 1. The highest BCUT2D eigenvalue weighted by Crippen LogP contribution is 2.16. The van der Waals surface area contributed by atoms with Crippen LogP contribution in [0.5, 0.6) is 0 Å². The van der Waals surface area contributed by atoms with Crippen molar-refractivity contribution in [2.24, 2.45) is 0 Å². The van der Waals surface area contributed by atoms with Crippen molar-refractivity contribution < 1.29 is 9.18 Å². The minimum Gasteiger partial charge on any atom is -0.294 e. The number of Topliss-reactive ketones (excluding diaryl/α,β-unsaturated/α-hetero) is 1. The summed E-state index contributed by atoms with van der Waals surface area (Å²) in [7, 11) is 0. The maximum atomic E-state index is 12.9. The molecule has 0 atom stereocenters. The molecular weight excluding hydrogens is 243 g/mol. The van der Waals surface area contributed by atoms with Crippen LogP contribution in [0.15, 0.2) is 24.3 Å². The van der Waals surface area contributed by atoms with Crippen molar-refractivity contribution >= 4 is 5.78 Å². The van der Waals surface area contributed by atoms with Gasteiger partial charge in [-0.2, -0.15) is 5.10 Å². The zero-order valence-corrected chi connectivity index (χ0v) is 11.4. The zero-order valence-electron chi connectivity index (χ0n) is 11.4. The molecule has 0 aliphatic heterocycles. The van der Waals surface area contributed by atoms with Crippen molar-refractivity contribution in [2.75, 3.05) is 0 Å². The smallest absolute Gasteiger partial charge is 0.166 e. The summed E-state index contributed by atoms with van der Waals surface area (Å²) >= 11 is 0. The van der Waals surface area contributed by atoms with Crippen LogP contribution in [0.4, 0.5) is 4.39 Å². The van der Waals surface area contributed by atoms with Gasteiger partial charge < -0.3 is 0 Å². The number of aryl methyl sites for hydroxylation is 1. The first-order valence-corrected chi connectivity index (χ1v) is 6.34. The van der Waals surface area contributed by atoms with Crippen LogP contribution < -0.4 is 0 Å². The van der Waals surface area contributed by atoms with Gasteiger partial charge in [0, 0.05) is 12.1 Å². The molecule has 0 unspecified atom stereocenters. The maximum Gasteiger partial charge on any atom is 0.166 e. The van der Waals surface area contributed by atoms with Crippen LogP contribution in [0.2, 0.25) is 0 Å². The summed E-state index contributed by atoms with van der Waals surface area (Å²) in [5.41, 5.74) is 3.30. The first kappa shape index (κ1) is 13.5. The lowest BCUT2D eigenvalue weighted by atomic mass is 10.1. The molecule has 4 heteroatoms. The fourth-order valence-electron chi connectivity index (χ4n) is 2.19. The van der Waals surface area contributed by atoms with E-state index < -0.39 is 0 Å².